The van der Waals surface area contributed by atoms with Crippen molar-refractivity contribution in [1.82, 2.24) is 25.1 Å². The van der Waals surface area contributed by atoms with E-state index in [1.807, 2.05) is 33.8 Å². The first-order valence-corrected chi connectivity index (χ1v) is 8.29. The minimum atomic E-state index is 0.0894. The van der Waals surface area contributed by atoms with Crippen LogP contribution in [0, 0.1) is 0 Å². The van der Waals surface area contributed by atoms with Gasteiger partial charge in [-0.1, -0.05) is 12.1 Å². The molecule has 1 amide bonds. The number of morpholine rings is 1. The standard InChI is InChI=1S/C16H20N6O2/c23-15(21-6-8-24-9-7-21)11-17-13-3-1-2-12(10-13)16-18-19-20-22(16)14-4-5-14/h1-3,10,14,17H,4-9,11H2. The van der Waals surface area contributed by atoms with Crippen molar-refractivity contribution in [2.45, 2.75) is 18.9 Å². The Balaban J connectivity index is 1.43. The van der Waals surface area contributed by atoms with Gasteiger partial charge in [-0.05, 0) is 35.4 Å². The lowest BCUT2D eigenvalue weighted by Gasteiger charge is -2.27. The zero-order valence-corrected chi connectivity index (χ0v) is 13.4. The number of ether oxygens (including phenoxy) is 1. The van der Waals surface area contributed by atoms with Gasteiger partial charge in [-0.3, -0.25) is 4.79 Å². The number of amides is 1. The third-order valence-corrected chi connectivity index (χ3v) is 4.31. The predicted molar refractivity (Wildman–Crippen MR) is 87.4 cm³/mol. The van der Waals surface area contributed by atoms with E-state index in [4.69, 9.17) is 4.74 Å². The summed E-state index contributed by atoms with van der Waals surface area (Å²) in [5.41, 5.74) is 1.84. The summed E-state index contributed by atoms with van der Waals surface area (Å²) in [4.78, 5) is 14.0. The first kappa shape index (κ1) is 15.1. The maximum absolute atomic E-state index is 12.2. The van der Waals surface area contributed by atoms with Gasteiger partial charge in [0.25, 0.3) is 0 Å². The van der Waals surface area contributed by atoms with E-state index < -0.39 is 0 Å². The average Bonchev–Trinajstić information content (AvgIpc) is 3.37. The van der Waals surface area contributed by atoms with E-state index in [-0.39, 0.29) is 12.5 Å². The Morgan fingerprint density at radius 2 is 2.12 bits per heavy atom. The third-order valence-electron chi connectivity index (χ3n) is 4.31. The molecule has 2 fully saturated rings. The Morgan fingerprint density at radius 1 is 1.29 bits per heavy atom. The third kappa shape index (κ3) is 3.23. The van der Waals surface area contributed by atoms with Gasteiger partial charge in [-0.25, -0.2) is 4.68 Å². The summed E-state index contributed by atoms with van der Waals surface area (Å²) in [5, 5.41) is 15.2. The molecule has 1 aromatic heterocycles. The number of hydrogen-bond donors (Lipinski definition) is 1. The van der Waals surface area contributed by atoms with Crippen molar-refractivity contribution in [3.8, 4) is 11.4 Å². The second kappa shape index (κ2) is 6.56. The van der Waals surface area contributed by atoms with Crippen LogP contribution in [0.5, 0.6) is 0 Å². The number of benzene rings is 1. The first-order valence-electron chi connectivity index (χ1n) is 8.29. The number of rotatable bonds is 5. The Hall–Kier alpha value is -2.48. The molecule has 1 N–H and O–H groups in total. The van der Waals surface area contributed by atoms with Gasteiger partial charge >= 0.3 is 0 Å². The molecule has 4 rings (SSSR count). The maximum atomic E-state index is 12.2. The van der Waals surface area contributed by atoms with Crippen LogP contribution in [0.4, 0.5) is 5.69 Å². The summed E-state index contributed by atoms with van der Waals surface area (Å²) in [5.74, 6) is 0.868. The minimum Gasteiger partial charge on any atom is -0.378 e. The van der Waals surface area contributed by atoms with Crippen molar-refractivity contribution in [3.63, 3.8) is 0 Å². The van der Waals surface area contributed by atoms with Crippen LogP contribution >= 0.6 is 0 Å². The molecule has 2 aromatic rings. The maximum Gasteiger partial charge on any atom is 0.242 e. The lowest BCUT2D eigenvalue weighted by molar-refractivity contribution is -0.133. The summed E-state index contributed by atoms with van der Waals surface area (Å²) >= 11 is 0. The van der Waals surface area contributed by atoms with Gasteiger partial charge < -0.3 is 15.0 Å². The van der Waals surface area contributed by atoms with Crippen molar-refractivity contribution in [2.24, 2.45) is 0 Å². The van der Waals surface area contributed by atoms with Crippen LogP contribution in [-0.4, -0.2) is 63.9 Å². The predicted octanol–water partition coefficient (Wildman–Crippen LogP) is 0.946. The van der Waals surface area contributed by atoms with E-state index in [2.05, 4.69) is 20.8 Å². The van der Waals surface area contributed by atoms with E-state index >= 15 is 0 Å². The van der Waals surface area contributed by atoms with Gasteiger partial charge in [-0.2, -0.15) is 0 Å². The normalized spacial score (nSPS) is 17.8. The molecule has 1 aliphatic carbocycles. The Kier molecular flexibility index (Phi) is 4.12. The van der Waals surface area contributed by atoms with E-state index in [0.717, 1.165) is 29.9 Å². The van der Waals surface area contributed by atoms with Gasteiger partial charge in [0.2, 0.25) is 5.91 Å². The fourth-order valence-electron chi connectivity index (χ4n) is 2.82. The molecule has 8 nitrogen and oxygen atoms in total. The largest absolute Gasteiger partial charge is 0.378 e. The van der Waals surface area contributed by atoms with E-state index in [1.54, 1.807) is 0 Å². The molecular formula is C16H20N6O2. The van der Waals surface area contributed by atoms with Crippen LogP contribution in [0.1, 0.15) is 18.9 Å². The molecule has 126 valence electrons. The Bertz CT molecular complexity index is 721. The van der Waals surface area contributed by atoms with Crippen LogP contribution in [0.25, 0.3) is 11.4 Å². The fraction of sp³-hybridized carbons (Fsp3) is 0.500. The van der Waals surface area contributed by atoms with Crippen LogP contribution in [0.3, 0.4) is 0 Å². The van der Waals surface area contributed by atoms with Crippen molar-refractivity contribution < 1.29 is 9.53 Å². The van der Waals surface area contributed by atoms with E-state index in [9.17, 15) is 4.79 Å². The molecule has 1 saturated carbocycles. The zero-order chi connectivity index (χ0) is 16.4. The SMILES string of the molecule is O=C(CNc1cccc(-c2nnnn2C2CC2)c1)N1CCOCC1. The van der Waals surface area contributed by atoms with Crippen molar-refractivity contribution in [1.29, 1.82) is 0 Å². The summed E-state index contributed by atoms with van der Waals surface area (Å²) < 4.78 is 7.16. The molecule has 1 aliphatic heterocycles. The van der Waals surface area contributed by atoms with Crippen molar-refractivity contribution >= 4 is 11.6 Å². The topological polar surface area (TPSA) is 85.2 Å². The van der Waals surface area contributed by atoms with Crippen LogP contribution < -0.4 is 5.32 Å². The number of nitrogens with zero attached hydrogens (tertiary/aromatic N) is 5. The molecule has 2 heterocycles. The van der Waals surface area contributed by atoms with E-state index in [0.29, 0.717) is 32.3 Å². The molecule has 0 unspecified atom stereocenters. The van der Waals surface area contributed by atoms with Gasteiger partial charge in [0.1, 0.15) is 0 Å². The monoisotopic (exact) mass is 328 g/mol. The molecule has 0 bridgehead atoms. The lowest BCUT2D eigenvalue weighted by Crippen LogP contribution is -2.43. The molecule has 1 aromatic carbocycles. The zero-order valence-electron chi connectivity index (χ0n) is 13.4. The molecule has 0 spiro atoms. The second-order valence-electron chi connectivity index (χ2n) is 6.11. The second-order valence-corrected chi connectivity index (χ2v) is 6.11. The Labute approximate surface area is 139 Å². The molecule has 1 saturated heterocycles. The van der Waals surface area contributed by atoms with E-state index in [1.165, 1.54) is 0 Å². The lowest BCUT2D eigenvalue weighted by atomic mass is 10.2. The number of hydrogen-bond acceptors (Lipinski definition) is 6. The number of anilines is 1. The quantitative estimate of drug-likeness (QED) is 0.879. The molecule has 24 heavy (non-hydrogen) atoms. The van der Waals surface area contributed by atoms with Crippen LogP contribution in [-0.2, 0) is 9.53 Å². The number of carbonyl (C=O) groups is 1. The average molecular weight is 328 g/mol. The van der Waals surface area contributed by atoms with Gasteiger partial charge in [0.15, 0.2) is 5.82 Å². The highest BCUT2D eigenvalue weighted by atomic mass is 16.5. The highest BCUT2D eigenvalue weighted by Crippen LogP contribution is 2.36. The highest BCUT2D eigenvalue weighted by Gasteiger charge is 2.28. The Morgan fingerprint density at radius 3 is 2.92 bits per heavy atom. The highest BCUT2D eigenvalue weighted by molar-refractivity contribution is 5.81. The number of aromatic nitrogens is 4. The molecule has 0 radical (unpaired) electrons. The summed E-state index contributed by atoms with van der Waals surface area (Å²) in [6.45, 7) is 2.83. The number of tetrazole rings is 1. The first-order chi connectivity index (χ1) is 11.8. The summed E-state index contributed by atoms with van der Waals surface area (Å²) in [6.07, 6.45) is 2.26. The smallest absolute Gasteiger partial charge is 0.242 e. The van der Waals surface area contributed by atoms with Gasteiger partial charge in [0, 0.05) is 24.3 Å². The fourth-order valence-corrected chi connectivity index (χ4v) is 2.82. The number of carbonyl (C=O) groups excluding carboxylic acids is 1. The molecular weight excluding hydrogens is 308 g/mol. The van der Waals surface area contributed by atoms with Crippen molar-refractivity contribution in [3.05, 3.63) is 24.3 Å². The van der Waals surface area contributed by atoms with Crippen molar-refractivity contribution in [2.75, 3.05) is 38.2 Å². The van der Waals surface area contributed by atoms with Gasteiger partial charge in [0.05, 0.1) is 25.8 Å². The summed E-state index contributed by atoms with van der Waals surface area (Å²) in [6, 6.07) is 8.29. The molecule has 0 atom stereocenters. The van der Waals surface area contributed by atoms with Crippen LogP contribution in [0.15, 0.2) is 24.3 Å². The minimum absolute atomic E-state index is 0.0894. The van der Waals surface area contributed by atoms with Crippen LogP contribution in [0.2, 0.25) is 0 Å². The number of nitrogens with one attached hydrogen (secondary N) is 1. The molecule has 8 heteroatoms. The molecule has 2 aliphatic rings. The van der Waals surface area contributed by atoms with Gasteiger partial charge in [-0.15, -0.1) is 5.10 Å². The summed E-state index contributed by atoms with van der Waals surface area (Å²) in [7, 11) is 0.